The molecule has 3 aliphatic rings. The van der Waals surface area contributed by atoms with Gasteiger partial charge in [0, 0.05) is 16.6 Å². The fourth-order valence-electron chi connectivity index (χ4n) is 5.59. The second-order valence-corrected chi connectivity index (χ2v) is 8.52. The van der Waals surface area contributed by atoms with E-state index in [4.69, 9.17) is 4.74 Å². The van der Waals surface area contributed by atoms with Crippen molar-refractivity contribution in [1.82, 2.24) is 0 Å². The van der Waals surface area contributed by atoms with Crippen molar-refractivity contribution >= 4 is 11.9 Å². The quantitative estimate of drug-likeness (QED) is 0.662. The summed E-state index contributed by atoms with van der Waals surface area (Å²) in [5.41, 5.74) is -0.0523. The van der Waals surface area contributed by atoms with Gasteiger partial charge in [-0.05, 0) is 55.4 Å². The molecule has 1 saturated carbocycles. The zero-order chi connectivity index (χ0) is 19.3. The molecule has 2 aliphatic carbocycles. The summed E-state index contributed by atoms with van der Waals surface area (Å²) in [5.74, 6) is -1.32. The van der Waals surface area contributed by atoms with Gasteiger partial charge in [0.15, 0.2) is 0 Å². The Labute approximate surface area is 153 Å². The molecule has 0 spiro atoms. The fourth-order valence-corrected chi connectivity index (χ4v) is 5.59. The normalized spacial score (nSPS) is 42.6. The maximum absolute atomic E-state index is 11.8. The largest absolute Gasteiger partial charge is 0.478 e. The van der Waals surface area contributed by atoms with Crippen molar-refractivity contribution in [2.75, 3.05) is 0 Å². The second-order valence-electron chi connectivity index (χ2n) is 8.52. The first kappa shape index (κ1) is 19.1. The second kappa shape index (κ2) is 6.50. The van der Waals surface area contributed by atoms with E-state index in [9.17, 15) is 24.9 Å². The van der Waals surface area contributed by atoms with Crippen molar-refractivity contribution in [1.29, 1.82) is 0 Å². The Morgan fingerprint density at radius 2 is 2.04 bits per heavy atom. The van der Waals surface area contributed by atoms with E-state index in [2.05, 4.69) is 6.92 Å². The Kier molecular flexibility index (Phi) is 4.78. The zero-order valence-electron chi connectivity index (χ0n) is 15.6. The van der Waals surface area contributed by atoms with Crippen LogP contribution in [0.25, 0.3) is 0 Å². The average molecular weight is 364 g/mol. The van der Waals surface area contributed by atoms with Crippen molar-refractivity contribution in [2.24, 2.45) is 22.7 Å². The van der Waals surface area contributed by atoms with Crippen LogP contribution in [0.5, 0.6) is 0 Å². The van der Waals surface area contributed by atoms with E-state index in [0.29, 0.717) is 36.8 Å². The Morgan fingerprint density at radius 1 is 1.35 bits per heavy atom. The fraction of sp³-hybridized carbons (Fsp3) is 0.700. The van der Waals surface area contributed by atoms with Crippen LogP contribution in [-0.4, -0.2) is 39.7 Å². The maximum Gasteiger partial charge on any atom is 0.336 e. The molecule has 1 fully saturated rings. The summed E-state index contributed by atoms with van der Waals surface area (Å²) in [6.07, 6.45) is 4.55. The van der Waals surface area contributed by atoms with Gasteiger partial charge in [0.05, 0.1) is 6.10 Å². The lowest BCUT2D eigenvalue weighted by Gasteiger charge is -2.59. The molecule has 0 saturated heterocycles. The van der Waals surface area contributed by atoms with Crippen molar-refractivity contribution in [3.05, 3.63) is 23.3 Å². The molecular weight excluding hydrogens is 336 g/mol. The van der Waals surface area contributed by atoms with Gasteiger partial charge < -0.3 is 20.1 Å². The molecule has 0 aromatic rings. The summed E-state index contributed by atoms with van der Waals surface area (Å²) in [7, 11) is 0. The molecular formula is C20H28O6. The Morgan fingerprint density at radius 3 is 2.62 bits per heavy atom. The molecule has 0 aromatic heterocycles. The standard InChI is InChI=1S/C20H28O6/c1-11-14(21)10-20(3)13(17(23)24)5-4-6-15(20)19(11,2)8-7-12-9-16(22)26-18(12)25/h5,9,11,14-16,21-22H,4,6-8,10H2,1-3H3,(H,23,24)/t11-,14-,15-,16+,19+,20+/m1/s1. The Balaban J connectivity index is 1.91. The number of carboxylic acids is 1. The first-order valence-electron chi connectivity index (χ1n) is 9.31. The number of cyclic esters (lactones) is 1. The number of hydrogen-bond acceptors (Lipinski definition) is 5. The van der Waals surface area contributed by atoms with Crippen LogP contribution >= 0.6 is 0 Å². The van der Waals surface area contributed by atoms with Gasteiger partial charge in [-0.15, -0.1) is 0 Å². The molecule has 0 aromatic carbocycles. The zero-order valence-corrected chi connectivity index (χ0v) is 15.6. The highest BCUT2D eigenvalue weighted by atomic mass is 16.6. The van der Waals surface area contributed by atoms with Crippen LogP contribution in [0.1, 0.15) is 52.9 Å². The third kappa shape index (κ3) is 2.89. The molecule has 26 heavy (non-hydrogen) atoms. The number of rotatable bonds is 4. The van der Waals surface area contributed by atoms with Gasteiger partial charge in [0.2, 0.25) is 6.29 Å². The predicted molar refractivity (Wildman–Crippen MR) is 93.9 cm³/mol. The van der Waals surface area contributed by atoms with Gasteiger partial charge in [-0.2, -0.15) is 0 Å². The number of aliphatic hydroxyl groups excluding tert-OH is 2. The molecule has 0 radical (unpaired) electrons. The van der Waals surface area contributed by atoms with E-state index in [0.717, 1.165) is 6.42 Å². The number of aliphatic hydroxyl groups is 2. The molecule has 0 amide bonds. The molecule has 6 heteroatoms. The Bertz CT molecular complexity index is 680. The average Bonchev–Trinajstić information content (AvgIpc) is 2.88. The van der Waals surface area contributed by atoms with Gasteiger partial charge in [0.1, 0.15) is 0 Å². The number of carboxylic acid groups (broad SMARTS) is 1. The molecule has 0 unspecified atom stereocenters. The summed E-state index contributed by atoms with van der Waals surface area (Å²) in [5, 5.41) is 29.9. The maximum atomic E-state index is 11.8. The smallest absolute Gasteiger partial charge is 0.336 e. The van der Waals surface area contributed by atoms with Gasteiger partial charge in [-0.3, -0.25) is 0 Å². The molecule has 144 valence electrons. The van der Waals surface area contributed by atoms with E-state index in [1.165, 1.54) is 6.08 Å². The number of esters is 1. The number of ether oxygens (including phenoxy) is 1. The van der Waals surface area contributed by atoms with Crippen LogP contribution in [0.2, 0.25) is 0 Å². The van der Waals surface area contributed by atoms with Gasteiger partial charge in [-0.25, -0.2) is 9.59 Å². The van der Waals surface area contributed by atoms with Crippen molar-refractivity contribution in [2.45, 2.75) is 65.3 Å². The summed E-state index contributed by atoms with van der Waals surface area (Å²) >= 11 is 0. The lowest BCUT2D eigenvalue weighted by atomic mass is 9.46. The molecule has 6 nitrogen and oxygen atoms in total. The highest BCUT2D eigenvalue weighted by molar-refractivity contribution is 5.90. The van der Waals surface area contributed by atoms with Crippen LogP contribution in [-0.2, 0) is 14.3 Å². The Hall–Kier alpha value is -1.66. The first-order chi connectivity index (χ1) is 12.1. The van der Waals surface area contributed by atoms with Gasteiger partial charge >= 0.3 is 11.9 Å². The third-order valence-electron chi connectivity index (χ3n) is 7.23. The van der Waals surface area contributed by atoms with Gasteiger partial charge in [-0.1, -0.05) is 26.8 Å². The number of fused-ring (bicyclic) bond motifs is 1. The first-order valence-corrected chi connectivity index (χ1v) is 9.31. The van der Waals surface area contributed by atoms with E-state index in [1.54, 1.807) is 6.08 Å². The van der Waals surface area contributed by atoms with E-state index >= 15 is 0 Å². The van der Waals surface area contributed by atoms with Crippen LogP contribution in [0.4, 0.5) is 0 Å². The monoisotopic (exact) mass is 364 g/mol. The molecule has 1 heterocycles. The number of aliphatic carboxylic acids is 1. The van der Waals surface area contributed by atoms with E-state index in [1.807, 2.05) is 13.8 Å². The van der Waals surface area contributed by atoms with E-state index < -0.39 is 29.7 Å². The van der Waals surface area contributed by atoms with Gasteiger partial charge in [0.25, 0.3) is 0 Å². The number of carbonyl (C=O) groups excluding carboxylic acids is 1. The van der Waals surface area contributed by atoms with Crippen molar-refractivity contribution in [3.8, 4) is 0 Å². The van der Waals surface area contributed by atoms with Crippen molar-refractivity contribution < 1.29 is 29.6 Å². The summed E-state index contributed by atoms with van der Waals surface area (Å²) in [6, 6.07) is 0. The van der Waals surface area contributed by atoms with Crippen LogP contribution in [0.3, 0.4) is 0 Å². The minimum Gasteiger partial charge on any atom is -0.478 e. The highest BCUT2D eigenvalue weighted by Crippen LogP contribution is 2.62. The number of allylic oxidation sites excluding steroid dienone is 1. The van der Waals surface area contributed by atoms with Crippen LogP contribution in [0.15, 0.2) is 23.3 Å². The van der Waals surface area contributed by atoms with Crippen LogP contribution in [0, 0.1) is 22.7 Å². The third-order valence-corrected chi connectivity index (χ3v) is 7.23. The predicted octanol–water partition coefficient (Wildman–Crippen LogP) is 2.40. The lowest BCUT2D eigenvalue weighted by Crippen LogP contribution is -2.56. The van der Waals surface area contributed by atoms with E-state index in [-0.39, 0.29) is 17.3 Å². The highest BCUT2D eigenvalue weighted by Gasteiger charge is 2.58. The lowest BCUT2D eigenvalue weighted by molar-refractivity contribution is -0.151. The number of hydrogen-bond donors (Lipinski definition) is 3. The van der Waals surface area contributed by atoms with Crippen molar-refractivity contribution in [3.63, 3.8) is 0 Å². The summed E-state index contributed by atoms with van der Waals surface area (Å²) < 4.78 is 4.76. The summed E-state index contributed by atoms with van der Waals surface area (Å²) in [6.45, 7) is 6.07. The summed E-state index contributed by atoms with van der Waals surface area (Å²) in [4.78, 5) is 23.6. The minimum atomic E-state index is -1.18. The topological polar surface area (TPSA) is 104 Å². The molecule has 1 aliphatic heterocycles. The minimum absolute atomic E-state index is 0.0170. The molecule has 6 atom stereocenters. The molecule has 0 bridgehead atoms. The van der Waals surface area contributed by atoms with Crippen LogP contribution < -0.4 is 0 Å². The SMILES string of the molecule is C[C@@H]1[C@H](O)C[C@@]2(C)C(C(=O)O)=CCC[C@@H]2[C@@]1(C)CCC1=C[C@@H](O)OC1=O. The molecule has 3 rings (SSSR count). The molecule has 3 N–H and O–H groups in total. The number of carbonyl (C=O) groups is 2.